The topological polar surface area (TPSA) is 21.3 Å². The Kier molecular flexibility index (Phi) is 5.11. The van der Waals surface area contributed by atoms with Crippen LogP contribution in [0.3, 0.4) is 0 Å². The molecule has 0 aliphatic carbocycles. The highest BCUT2D eigenvalue weighted by Crippen LogP contribution is 2.26. The van der Waals surface area contributed by atoms with Crippen LogP contribution in [0, 0.1) is 5.82 Å². The van der Waals surface area contributed by atoms with Gasteiger partial charge in [-0.05, 0) is 47.6 Å². The van der Waals surface area contributed by atoms with E-state index < -0.39 is 0 Å². The van der Waals surface area contributed by atoms with Crippen LogP contribution >= 0.6 is 0 Å². The fourth-order valence-corrected chi connectivity index (χ4v) is 1.78. The molecule has 0 spiro atoms. The van der Waals surface area contributed by atoms with E-state index in [-0.39, 0.29) is 23.1 Å². The average Bonchev–Trinajstić information content (AvgIpc) is 2.22. The fraction of sp³-hybridized carbons (Fsp3) is 0.625. The van der Waals surface area contributed by atoms with Crippen LogP contribution in [0.5, 0.6) is 0 Å². The molecular weight excluding hydrogens is 241 g/mol. The standard InChI is InChI=1S/C16H26FNO/c1-15(2,3)18-11-14(19-16(4,5)6)12-9-7-8-10-13(12)17/h7-10,14,18H,11H2,1-6H3. The minimum absolute atomic E-state index is 0.0231. The lowest BCUT2D eigenvalue weighted by molar-refractivity contribution is -0.0637. The van der Waals surface area contributed by atoms with Crippen LogP contribution in [0.1, 0.15) is 53.2 Å². The number of halogens is 1. The van der Waals surface area contributed by atoms with E-state index >= 15 is 0 Å². The molecule has 1 aromatic rings. The van der Waals surface area contributed by atoms with E-state index in [4.69, 9.17) is 4.74 Å². The van der Waals surface area contributed by atoms with E-state index in [1.807, 2.05) is 26.8 Å². The van der Waals surface area contributed by atoms with Gasteiger partial charge in [-0.3, -0.25) is 0 Å². The molecule has 0 saturated heterocycles. The first kappa shape index (κ1) is 16.1. The first-order valence-electron chi connectivity index (χ1n) is 6.76. The Morgan fingerprint density at radius 2 is 1.68 bits per heavy atom. The van der Waals surface area contributed by atoms with Crippen LogP contribution in [0.15, 0.2) is 24.3 Å². The Hall–Kier alpha value is -0.930. The van der Waals surface area contributed by atoms with Gasteiger partial charge in [0.15, 0.2) is 0 Å². The smallest absolute Gasteiger partial charge is 0.129 e. The fourth-order valence-electron chi connectivity index (χ4n) is 1.78. The largest absolute Gasteiger partial charge is 0.367 e. The maximum Gasteiger partial charge on any atom is 0.129 e. The van der Waals surface area contributed by atoms with Crippen molar-refractivity contribution < 1.29 is 9.13 Å². The number of hydrogen-bond acceptors (Lipinski definition) is 2. The normalized spacial score (nSPS) is 14.5. The van der Waals surface area contributed by atoms with E-state index in [1.54, 1.807) is 12.1 Å². The van der Waals surface area contributed by atoms with Gasteiger partial charge >= 0.3 is 0 Å². The maximum atomic E-state index is 13.9. The minimum Gasteiger partial charge on any atom is -0.367 e. The maximum absolute atomic E-state index is 13.9. The molecule has 2 nitrogen and oxygen atoms in total. The van der Waals surface area contributed by atoms with Crippen LogP contribution in [0.2, 0.25) is 0 Å². The highest BCUT2D eigenvalue weighted by molar-refractivity contribution is 5.20. The van der Waals surface area contributed by atoms with Crippen molar-refractivity contribution in [1.29, 1.82) is 0 Å². The Balaban J connectivity index is 2.90. The summed E-state index contributed by atoms with van der Waals surface area (Å²) < 4.78 is 19.9. The van der Waals surface area contributed by atoms with Gasteiger partial charge in [0.05, 0.1) is 11.7 Å². The second kappa shape index (κ2) is 6.02. The van der Waals surface area contributed by atoms with Gasteiger partial charge in [0.1, 0.15) is 5.82 Å². The monoisotopic (exact) mass is 267 g/mol. The predicted molar refractivity (Wildman–Crippen MR) is 77.7 cm³/mol. The van der Waals surface area contributed by atoms with Gasteiger partial charge in [-0.2, -0.15) is 0 Å². The summed E-state index contributed by atoms with van der Waals surface area (Å²) in [5.74, 6) is -0.215. The van der Waals surface area contributed by atoms with E-state index in [0.717, 1.165) is 0 Å². The molecule has 1 atom stereocenters. The predicted octanol–water partition coefficient (Wildman–Crippen LogP) is 4.07. The Morgan fingerprint density at radius 3 is 2.16 bits per heavy atom. The summed E-state index contributed by atoms with van der Waals surface area (Å²) in [5.41, 5.74) is 0.270. The first-order chi connectivity index (χ1) is 8.58. The lowest BCUT2D eigenvalue weighted by Gasteiger charge is -2.31. The summed E-state index contributed by atoms with van der Waals surface area (Å²) in [5, 5.41) is 3.38. The van der Waals surface area contributed by atoms with Crippen LogP contribution in [-0.2, 0) is 4.74 Å². The van der Waals surface area contributed by atoms with Gasteiger partial charge in [-0.1, -0.05) is 18.2 Å². The van der Waals surface area contributed by atoms with Crippen molar-refractivity contribution in [2.24, 2.45) is 0 Å². The third kappa shape index (κ3) is 6.17. The zero-order chi connectivity index (χ0) is 14.7. The van der Waals surface area contributed by atoms with E-state index in [9.17, 15) is 4.39 Å². The number of hydrogen-bond donors (Lipinski definition) is 1. The summed E-state index contributed by atoms with van der Waals surface area (Å²) in [6.07, 6.45) is -0.291. The molecule has 0 aliphatic rings. The number of nitrogens with one attached hydrogen (secondary N) is 1. The summed E-state index contributed by atoms with van der Waals surface area (Å²) in [7, 11) is 0. The van der Waals surface area contributed by atoms with Crippen LogP contribution in [0.25, 0.3) is 0 Å². The molecule has 0 radical (unpaired) electrons. The first-order valence-corrected chi connectivity index (χ1v) is 6.76. The molecule has 1 N–H and O–H groups in total. The minimum atomic E-state index is -0.313. The number of benzene rings is 1. The van der Waals surface area contributed by atoms with Crippen molar-refractivity contribution >= 4 is 0 Å². The zero-order valence-electron chi connectivity index (χ0n) is 12.9. The van der Waals surface area contributed by atoms with Gasteiger partial charge in [0, 0.05) is 17.6 Å². The Labute approximate surface area is 116 Å². The third-order valence-electron chi connectivity index (χ3n) is 2.57. The van der Waals surface area contributed by atoms with Crippen molar-refractivity contribution in [3.63, 3.8) is 0 Å². The molecule has 3 heteroatoms. The quantitative estimate of drug-likeness (QED) is 0.888. The molecule has 0 aliphatic heterocycles. The Bertz CT molecular complexity index is 404. The van der Waals surface area contributed by atoms with Crippen LogP contribution < -0.4 is 5.32 Å². The van der Waals surface area contributed by atoms with Crippen molar-refractivity contribution in [3.8, 4) is 0 Å². The van der Waals surface area contributed by atoms with Crippen molar-refractivity contribution in [3.05, 3.63) is 35.6 Å². The molecule has 1 aromatic carbocycles. The SMILES string of the molecule is CC(C)(C)NCC(OC(C)(C)C)c1ccccc1F. The zero-order valence-corrected chi connectivity index (χ0v) is 12.9. The van der Waals surface area contributed by atoms with Crippen molar-refractivity contribution in [2.45, 2.75) is 58.8 Å². The van der Waals surface area contributed by atoms with Gasteiger partial charge in [-0.25, -0.2) is 4.39 Å². The van der Waals surface area contributed by atoms with E-state index in [1.165, 1.54) is 6.07 Å². The second-order valence-corrected chi connectivity index (χ2v) is 6.87. The molecule has 0 amide bonds. The number of rotatable bonds is 4. The summed E-state index contributed by atoms with van der Waals surface area (Å²) in [4.78, 5) is 0. The molecule has 0 saturated carbocycles. The molecule has 1 unspecified atom stereocenters. The lowest BCUT2D eigenvalue weighted by Crippen LogP contribution is -2.40. The highest BCUT2D eigenvalue weighted by Gasteiger charge is 2.24. The van der Waals surface area contributed by atoms with E-state index in [2.05, 4.69) is 26.1 Å². The molecule has 0 bridgehead atoms. The van der Waals surface area contributed by atoms with Crippen molar-refractivity contribution in [1.82, 2.24) is 5.32 Å². The second-order valence-electron chi connectivity index (χ2n) is 6.87. The Morgan fingerprint density at radius 1 is 1.11 bits per heavy atom. The summed E-state index contributed by atoms with van der Waals surface area (Å²) in [6, 6.07) is 6.81. The molecule has 0 aromatic heterocycles. The van der Waals surface area contributed by atoms with Crippen LogP contribution in [0.4, 0.5) is 4.39 Å². The molecule has 0 fully saturated rings. The van der Waals surface area contributed by atoms with Crippen molar-refractivity contribution in [2.75, 3.05) is 6.54 Å². The van der Waals surface area contributed by atoms with Gasteiger partial charge in [0.25, 0.3) is 0 Å². The van der Waals surface area contributed by atoms with Gasteiger partial charge in [0.2, 0.25) is 0 Å². The van der Waals surface area contributed by atoms with Gasteiger partial charge in [-0.15, -0.1) is 0 Å². The summed E-state index contributed by atoms with van der Waals surface area (Å²) in [6.45, 7) is 12.8. The number of ether oxygens (including phenoxy) is 1. The summed E-state index contributed by atoms with van der Waals surface area (Å²) >= 11 is 0. The molecule has 0 heterocycles. The third-order valence-corrected chi connectivity index (χ3v) is 2.57. The molecule has 19 heavy (non-hydrogen) atoms. The lowest BCUT2D eigenvalue weighted by atomic mass is 10.0. The average molecular weight is 267 g/mol. The molecule has 1 rings (SSSR count). The molecular formula is C16H26FNO. The van der Waals surface area contributed by atoms with Crippen LogP contribution in [-0.4, -0.2) is 17.7 Å². The highest BCUT2D eigenvalue weighted by atomic mass is 19.1. The molecule has 108 valence electrons. The van der Waals surface area contributed by atoms with E-state index in [0.29, 0.717) is 12.1 Å². The van der Waals surface area contributed by atoms with Gasteiger partial charge < -0.3 is 10.1 Å².